The Morgan fingerprint density at radius 3 is 2.41 bits per heavy atom. The minimum Gasteiger partial charge on any atom is -0.338 e. The van der Waals surface area contributed by atoms with Crippen molar-refractivity contribution in [2.24, 2.45) is 5.92 Å². The summed E-state index contributed by atoms with van der Waals surface area (Å²) in [7, 11) is 0. The Balaban J connectivity index is 1.84. The van der Waals surface area contributed by atoms with Gasteiger partial charge in [0.1, 0.15) is 0 Å². The molecule has 2 amide bonds. The van der Waals surface area contributed by atoms with Crippen LogP contribution in [0.5, 0.6) is 0 Å². The lowest BCUT2D eigenvalue weighted by Crippen LogP contribution is -2.70. The first-order chi connectivity index (χ1) is 10.3. The minimum absolute atomic E-state index is 0.0662. The first-order valence-corrected chi connectivity index (χ1v) is 8.66. The van der Waals surface area contributed by atoms with Crippen LogP contribution in [0.15, 0.2) is 0 Å². The van der Waals surface area contributed by atoms with Crippen molar-refractivity contribution in [3.63, 3.8) is 0 Å². The van der Waals surface area contributed by atoms with Gasteiger partial charge in [-0.3, -0.25) is 9.59 Å². The molecule has 0 radical (unpaired) electrons. The van der Waals surface area contributed by atoms with Crippen LogP contribution in [0.2, 0.25) is 0 Å². The highest BCUT2D eigenvalue weighted by Crippen LogP contribution is 2.38. The van der Waals surface area contributed by atoms with Crippen molar-refractivity contribution in [2.75, 3.05) is 26.2 Å². The summed E-state index contributed by atoms with van der Waals surface area (Å²) in [6, 6.07) is 0.318. The SMILES string of the molecule is CC(C)CCC(=O)N1CC2(CCCN2C(=O)CNC(C)C)C1. The summed E-state index contributed by atoms with van der Waals surface area (Å²) < 4.78 is 0. The van der Waals surface area contributed by atoms with Gasteiger partial charge in [-0.25, -0.2) is 0 Å². The molecule has 0 unspecified atom stereocenters. The highest BCUT2D eigenvalue weighted by atomic mass is 16.2. The van der Waals surface area contributed by atoms with Gasteiger partial charge in [-0.2, -0.15) is 0 Å². The van der Waals surface area contributed by atoms with Gasteiger partial charge < -0.3 is 15.1 Å². The van der Waals surface area contributed by atoms with Crippen LogP contribution in [-0.4, -0.2) is 59.4 Å². The Hall–Kier alpha value is -1.10. The van der Waals surface area contributed by atoms with Crippen molar-refractivity contribution in [1.29, 1.82) is 0 Å². The van der Waals surface area contributed by atoms with Gasteiger partial charge in [-0.15, -0.1) is 0 Å². The summed E-state index contributed by atoms with van der Waals surface area (Å²) in [6.45, 7) is 11.1. The molecule has 0 atom stereocenters. The highest BCUT2D eigenvalue weighted by molar-refractivity contribution is 5.81. The summed E-state index contributed by atoms with van der Waals surface area (Å²) in [6.07, 6.45) is 3.68. The third-order valence-electron chi connectivity index (χ3n) is 4.82. The van der Waals surface area contributed by atoms with E-state index >= 15 is 0 Å². The second-order valence-electron chi connectivity index (χ2n) is 7.59. The van der Waals surface area contributed by atoms with Gasteiger partial charge in [-0.1, -0.05) is 27.7 Å². The molecular weight excluding hydrogens is 278 g/mol. The van der Waals surface area contributed by atoms with Gasteiger partial charge in [0.25, 0.3) is 0 Å². The van der Waals surface area contributed by atoms with Crippen molar-refractivity contribution < 1.29 is 9.59 Å². The van der Waals surface area contributed by atoms with E-state index in [-0.39, 0.29) is 17.4 Å². The van der Waals surface area contributed by atoms with Crippen LogP contribution in [0.3, 0.4) is 0 Å². The van der Waals surface area contributed by atoms with Gasteiger partial charge in [0.15, 0.2) is 0 Å². The van der Waals surface area contributed by atoms with E-state index in [0.29, 0.717) is 24.9 Å². The fourth-order valence-corrected chi connectivity index (χ4v) is 3.45. The second kappa shape index (κ2) is 6.99. The Bertz CT molecular complexity index is 414. The zero-order valence-electron chi connectivity index (χ0n) is 14.5. The molecule has 1 spiro atoms. The molecule has 126 valence electrons. The fraction of sp³-hybridized carbons (Fsp3) is 0.882. The molecule has 2 fully saturated rings. The molecule has 0 bridgehead atoms. The summed E-state index contributed by atoms with van der Waals surface area (Å²) >= 11 is 0. The van der Waals surface area contributed by atoms with Crippen molar-refractivity contribution in [2.45, 2.75) is 65.0 Å². The maximum Gasteiger partial charge on any atom is 0.237 e. The smallest absolute Gasteiger partial charge is 0.237 e. The molecule has 2 saturated heterocycles. The number of nitrogens with zero attached hydrogens (tertiary/aromatic N) is 2. The first-order valence-electron chi connectivity index (χ1n) is 8.66. The van der Waals surface area contributed by atoms with Crippen LogP contribution in [0.1, 0.15) is 53.4 Å². The maximum absolute atomic E-state index is 12.4. The first kappa shape index (κ1) is 17.3. The summed E-state index contributed by atoms with van der Waals surface area (Å²) in [4.78, 5) is 28.5. The Morgan fingerprint density at radius 2 is 1.82 bits per heavy atom. The highest BCUT2D eigenvalue weighted by Gasteiger charge is 2.52. The van der Waals surface area contributed by atoms with Crippen molar-refractivity contribution in [1.82, 2.24) is 15.1 Å². The molecule has 0 aliphatic carbocycles. The van der Waals surface area contributed by atoms with Crippen molar-refractivity contribution >= 4 is 11.8 Å². The van der Waals surface area contributed by atoms with Gasteiger partial charge in [0.05, 0.1) is 12.1 Å². The van der Waals surface area contributed by atoms with Crippen molar-refractivity contribution in [3.05, 3.63) is 0 Å². The molecule has 2 heterocycles. The van der Waals surface area contributed by atoms with Crippen LogP contribution in [0, 0.1) is 5.92 Å². The maximum atomic E-state index is 12.4. The Morgan fingerprint density at radius 1 is 1.14 bits per heavy atom. The van der Waals surface area contributed by atoms with E-state index in [0.717, 1.165) is 38.9 Å². The lowest BCUT2D eigenvalue weighted by molar-refractivity contribution is -0.153. The number of likely N-dealkylation sites (tertiary alicyclic amines) is 2. The fourth-order valence-electron chi connectivity index (χ4n) is 3.45. The Kier molecular flexibility index (Phi) is 5.48. The third kappa shape index (κ3) is 3.80. The summed E-state index contributed by atoms with van der Waals surface area (Å²) in [5, 5.41) is 3.20. The molecule has 2 rings (SSSR count). The monoisotopic (exact) mass is 309 g/mol. The Labute approximate surface area is 134 Å². The molecule has 0 saturated carbocycles. The van der Waals surface area contributed by atoms with Crippen LogP contribution < -0.4 is 5.32 Å². The second-order valence-corrected chi connectivity index (χ2v) is 7.59. The van der Waals surface area contributed by atoms with Crippen LogP contribution >= 0.6 is 0 Å². The quantitative estimate of drug-likeness (QED) is 0.811. The number of carbonyl (C=O) groups excluding carboxylic acids is 2. The lowest BCUT2D eigenvalue weighted by Gasteiger charge is -2.52. The normalized spacial score (nSPS) is 20.1. The number of nitrogens with one attached hydrogen (secondary N) is 1. The zero-order valence-corrected chi connectivity index (χ0v) is 14.5. The van der Waals surface area contributed by atoms with E-state index in [1.165, 1.54) is 0 Å². The van der Waals surface area contributed by atoms with Crippen molar-refractivity contribution in [3.8, 4) is 0 Å². The van der Waals surface area contributed by atoms with Crippen LogP contribution in [-0.2, 0) is 9.59 Å². The van der Waals surface area contributed by atoms with Crippen LogP contribution in [0.25, 0.3) is 0 Å². The van der Waals surface area contributed by atoms with E-state index in [9.17, 15) is 9.59 Å². The van der Waals surface area contributed by atoms with E-state index < -0.39 is 0 Å². The zero-order chi connectivity index (χ0) is 16.3. The molecule has 5 heteroatoms. The van der Waals surface area contributed by atoms with E-state index in [2.05, 4.69) is 19.2 Å². The number of rotatable bonds is 6. The number of hydrogen-bond donors (Lipinski definition) is 1. The average molecular weight is 309 g/mol. The summed E-state index contributed by atoms with van der Waals surface area (Å²) in [5.41, 5.74) is -0.0662. The molecule has 0 aromatic heterocycles. The van der Waals surface area contributed by atoms with Crippen LogP contribution in [0.4, 0.5) is 0 Å². The molecule has 1 N–H and O–H groups in total. The minimum atomic E-state index is -0.0662. The summed E-state index contributed by atoms with van der Waals surface area (Å²) in [5.74, 6) is 0.991. The molecule has 5 nitrogen and oxygen atoms in total. The standard InChI is InChI=1S/C17H31N3O2/c1-13(2)6-7-15(21)19-11-17(12-19)8-5-9-20(17)16(22)10-18-14(3)4/h13-14,18H,5-12H2,1-4H3. The van der Waals surface area contributed by atoms with Gasteiger partial charge in [0, 0.05) is 32.1 Å². The predicted octanol–water partition coefficient (Wildman–Crippen LogP) is 1.62. The van der Waals surface area contributed by atoms with E-state index in [1.54, 1.807) is 0 Å². The molecule has 2 aliphatic heterocycles. The average Bonchev–Trinajstić information content (AvgIpc) is 2.85. The van der Waals surface area contributed by atoms with E-state index in [4.69, 9.17) is 0 Å². The molecule has 2 aliphatic rings. The van der Waals surface area contributed by atoms with Gasteiger partial charge in [0.2, 0.25) is 11.8 Å². The topological polar surface area (TPSA) is 52.7 Å². The molecule has 22 heavy (non-hydrogen) atoms. The number of carbonyl (C=O) groups is 2. The number of amides is 2. The third-order valence-corrected chi connectivity index (χ3v) is 4.82. The van der Waals surface area contributed by atoms with Gasteiger partial charge in [-0.05, 0) is 25.2 Å². The lowest BCUT2D eigenvalue weighted by atomic mass is 9.86. The largest absolute Gasteiger partial charge is 0.338 e. The predicted molar refractivity (Wildman–Crippen MR) is 87.5 cm³/mol. The molecule has 0 aromatic rings. The number of hydrogen-bond acceptors (Lipinski definition) is 3. The molecule has 0 aromatic carbocycles. The van der Waals surface area contributed by atoms with E-state index in [1.807, 2.05) is 23.6 Å². The molecular formula is C17H31N3O2. The van der Waals surface area contributed by atoms with Gasteiger partial charge >= 0.3 is 0 Å².